The van der Waals surface area contributed by atoms with Gasteiger partial charge in [-0.05, 0) is 43.2 Å². The lowest BCUT2D eigenvalue weighted by Crippen LogP contribution is -2.36. The monoisotopic (exact) mass is 350 g/mol. The lowest BCUT2D eigenvalue weighted by molar-refractivity contribution is -0.121. The maximum absolute atomic E-state index is 12.1. The number of benzene rings is 2. The SMILES string of the molecule is C[C@H](NC(=O)CN[C@H](C)c1ccc(Cl)cc1)c1ccccc1Cl. The summed E-state index contributed by atoms with van der Waals surface area (Å²) in [6.07, 6.45) is 0. The van der Waals surface area contributed by atoms with E-state index in [1.807, 2.05) is 62.4 Å². The van der Waals surface area contributed by atoms with Gasteiger partial charge < -0.3 is 10.6 Å². The predicted molar refractivity (Wildman–Crippen MR) is 95.9 cm³/mol. The van der Waals surface area contributed by atoms with Crippen LogP contribution in [0.3, 0.4) is 0 Å². The molecular weight excluding hydrogens is 331 g/mol. The number of carbonyl (C=O) groups is 1. The molecule has 0 aliphatic rings. The summed E-state index contributed by atoms with van der Waals surface area (Å²) in [6.45, 7) is 4.16. The minimum Gasteiger partial charge on any atom is -0.348 e. The van der Waals surface area contributed by atoms with E-state index < -0.39 is 0 Å². The van der Waals surface area contributed by atoms with Crippen molar-refractivity contribution in [1.82, 2.24) is 10.6 Å². The summed E-state index contributed by atoms with van der Waals surface area (Å²) in [7, 11) is 0. The highest BCUT2D eigenvalue weighted by Crippen LogP contribution is 2.22. The number of nitrogens with one attached hydrogen (secondary N) is 2. The van der Waals surface area contributed by atoms with Gasteiger partial charge in [0.15, 0.2) is 0 Å². The molecule has 2 aromatic carbocycles. The normalized spacial score (nSPS) is 13.4. The molecule has 0 bridgehead atoms. The molecule has 2 atom stereocenters. The summed E-state index contributed by atoms with van der Waals surface area (Å²) in [5.74, 6) is -0.0711. The fourth-order valence-electron chi connectivity index (χ4n) is 2.31. The van der Waals surface area contributed by atoms with Crippen molar-refractivity contribution in [3.05, 3.63) is 69.7 Å². The Labute approximate surface area is 147 Å². The topological polar surface area (TPSA) is 41.1 Å². The van der Waals surface area contributed by atoms with Gasteiger partial charge in [0.05, 0.1) is 12.6 Å². The molecule has 3 nitrogen and oxygen atoms in total. The average Bonchev–Trinajstić information content (AvgIpc) is 2.53. The van der Waals surface area contributed by atoms with Gasteiger partial charge in [-0.3, -0.25) is 4.79 Å². The van der Waals surface area contributed by atoms with Crippen LogP contribution in [0.15, 0.2) is 48.5 Å². The molecule has 0 unspecified atom stereocenters. The van der Waals surface area contributed by atoms with Crippen molar-refractivity contribution < 1.29 is 4.79 Å². The van der Waals surface area contributed by atoms with Gasteiger partial charge in [0.2, 0.25) is 5.91 Å². The third-order valence-electron chi connectivity index (χ3n) is 3.69. The zero-order chi connectivity index (χ0) is 16.8. The van der Waals surface area contributed by atoms with E-state index in [4.69, 9.17) is 23.2 Å². The minimum absolute atomic E-state index is 0.0636. The molecule has 0 fully saturated rings. The zero-order valence-electron chi connectivity index (χ0n) is 13.1. The molecule has 1 amide bonds. The minimum atomic E-state index is -0.135. The second-order valence-electron chi connectivity index (χ2n) is 5.46. The van der Waals surface area contributed by atoms with Crippen molar-refractivity contribution in [2.45, 2.75) is 25.9 Å². The van der Waals surface area contributed by atoms with Gasteiger partial charge in [0, 0.05) is 16.1 Å². The van der Waals surface area contributed by atoms with Crippen LogP contribution in [0.4, 0.5) is 0 Å². The lowest BCUT2D eigenvalue weighted by Gasteiger charge is -2.18. The molecule has 23 heavy (non-hydrogen) atoms. The Balaban J connectivity index is 1.85. The second-order valence-corrected chi connectivity index (χ2v) is 6.31. The van der Waals surface area contributed by atoms with Gasteiger partial charge in [-0.1, -0.05) is 53.5 Å². The Kier molecular flexibility index (Phi) is 6.46. The van der Waals surface area contributed by atoms with Crippen molar-refractivity contribution in [2.75, 3.05) is 6.54 Å². The van der Waals surface area contributed by atoms with Gasteiger partial charge in [-0.15, -0.1) is 0 Å². The smallest absolute Gasteiger partial charge is 0.234 e. The summed E-state index contributed by atoms with van der Waals surface area (Å²) >= 11 is 12.0. The van der Waals surface area contributed by atoms with Gasteiger partial charge in [0.25, 0.3) is 0 Å². The molecule has 122 valence electrons. The molecule has 0 saturated carbocycles. The van der Waals surface area contributed by atoms with Crippen molar-refractivity contribution in [1.29, 1.82) is 0 Å². The maximum Gasteiger partial charge on any atom is 0.234 e. The average molecular weight is 351 g/mol. The number of rotatable bonds is 6. The zero-order valence-corrected chi connectivity index (χ0v) is 14.7. The molecule has 0 aliphatic heterocycles. The van der Waals surface area contributed by atoms with Crippen LogP contribution in [-0.4, -0.2) is 12.5 Å². The number of hydrogen-bond donors (Lipinski definition) is 2. The van der Waals surface area contributed by atoms with Crippen LogP contribution in [0.25, 0.3) is 0 Å². The molecule has 0 heterocycles. The molecule has 0 saturated heterocycles. The highest BCUT2D eigenvalue weighted by atomic mass is 35.5. The largest absolute Gasteiger partial charge is 0.348 e. The first kappa shape index (κ1) is 17.8. The van der Waals surface area contributed by atoms with E-state index in [1.165, 1.54) is 0 Å². The molecule has 5 heteroatoms. The Bertz CT molecular complexity index is 658. The third-order valence-corrected chi connectivity index (χ3v) is 4.28. The Morgan fingerprint density at radius 3 is 2.30 bits per heavy atom. The first-order chi connectivity index (χ1) is 11.0. The van der Waals surface area contributed by atoms with Crippen molar-refractivity contribution in [3.63, 3.8) is 0 Å². The van der Waals surface area contributed by atoms with Crippen LogP contribution >= 0.6 is 23.2 Å². The van der Waals surface area contributed by atoms with Crippen molar-refractivity contribution in [3.8, 4) is 0 Å². The Hall–Kier alpha value is -1.55. The molecule has 0 aliphatic carbocycles. The van der Waals surface area contributed by atoms with Gasteiger partial charge >= 0.3 is 0 Å². The van der Waals surface area contributed by atoms with E-state index in [-0.39, 0.29) is 24.5 Å². The predicted octanol–water partition coefficient (Wildman–Crippen LogP) is 4.52. The van der Waals surface area contributed by atoms with Gasteiger partial charge in [-0.25, -0.2) is 0 Å². The van der Waals surface area contributed by atoms with E-state index >= 15 is 0 Å². The molecule has 2 rings (SSSR count). The van der Waals surface area contributed by atoms with E-state index in [0.717, 1.165) is 11.1 Å². The highest BCUT2D eigenvalue weighted by molar-refractivity contribution is 6.31. The van der Waals surface area contributed by atoms with E-state index in [2.05, 4.69) is 10.6 Å². The fraction of sp³-hybridized carbons (Fsp3) is 0.278. The number of carbonyl (C=O) groups excluding carboxylic acids is 1. The fourth-order valence-corrected chi connectivity index (χ4v) is 2.74. The standard InChI is InChI=1S/C18H20Cl2N2O/c1-12(14-7-9-15(19)10-8-14)21-11-18(23)22-13(2)16-5-3-4-6-17(16)20/h3-10,12-13,21H,11H2,1-2H3,(H,22,23)/t12-,13+/m1/s1. The van der Waals surface area contributed by atoms with Crippen LogP contribution in [0.5, 0.6) is 0 Å². The Morgan fingerprint density at radius 2 is 1.65 bits per heavy atom. The van der Waals surface area contributed by atoms with Crippen LogP contribution < -0.4 is 10.6 Å². The molecule has 0 aromatic heterocycles. The lowest BCUT2D eigenvalue weighted by atomic mass is 10.1. The van der Waals surface area contributed by atoms with E-state index in [9.17, 15) is 4.79 Å². The summed E-state index contributed by atoms with van der Waals surface area (Å²) in [6, 6.07) is 15.0. The van der Waals surface area contributed by atoms with Crippen LogP contribution in [-0.2, 0) is 4.79 Å². The Morgan fingerprint density at radius 1 is 1.00 bits per heavy atom. The quantitative estimate of drug-likeness (QED) is 0.803. The first-order valence-electron chi connectivity index (χ1n) is 7.50. The second kappa shape index (κ2) is 8.34. The molecule has 2 aromatic rings. The van der Waals surface area contributed by atoms with Crippen LogP contribution in [0.2, 0.25) is 10.0 Å². The molecular formula is C18H20Cl2N2O. The number of amides is 1. The highest BCUT2D eigenvalue weighted by Gasteiger charge is 2.13. The third kappa shape index (κ3) is 5.24. The summed E-state index contributed by atoms with van der Waals surface area (Å²) in [4.78, 5) is 12.1. The number of halogens is 2. The molecule has 0 radical (unpaired) electrons. The van der Waals surface area contributed by atoms with Crippen LogP contribution in [0.1, 0.15) is 37.1 Å². The summed E-state index contributed by atoms with van der Waals surface area (Å²) in [5, 5.41) is 7.50. The first-order valence-corrected chi connectivity index (χ1v) is 8.25. The van der Waals surface area contributed by atoms with E-state index in [1.54, 1.807) is 0 Å². The van der Waals surface area contributed by atoms with Crippen LogP contribution in [0, 0.1) is 0 Å². The van der Waals surface area contributed by atoms with E-state index in [0.29, 0.717) is 10.0 Å². The van der Waals surface area contributed by atoms with Gasteiger partial charge in [-0.2, -0.15) is 0 Å². The van der Waals surface area contributed by atoms with Crippen molar-refractivity contribution >= 4 is 29.1 Å². The summed E-state index contributed by atoms with van der Waals surface area (Å²) < 4.78 is 0. The number of hydrogen-bond acceptors (Lipinski definition) is 2. The maximum atomic E-state index is 12.1. The van der Waals surface area contributed by atoms with Crippen molar-refractivity contribution in [2.24, 2.45) is 0 Å². The van der Waals surface area contributed by atoms with Gasteiger partial charge in [0.1, 0.15) is 0 Å². The summed E-state index contributed by atoms with van der Waals surface area (Å²) in [5.41, 5.74) is 2.00. The molecule has 0 spiro atoms. The molecule has 2 N–H and O–H groups in total.